The van der Waals surface area contributed by atoms with E-state index in [1.54, 1.807) is 56.5 Å². The van der Waals surface area contributed by atoms with Crippen LogP contribution in [0.1, 0.15) is 31.2 Å². The molecule has 0 amide bonds. The molecule has 148 valence electrons. The largest absolute Gasteiger partial charge is 0.465 e. The molecular formula is C21H17ClN2O4S. The number of carbonyl (C=O) groups excluding carboxylic acids is 1. The highest BCUT2D eigenvalue weighted by atomic mass is 35.5. The molecule has 0 N–H and O–H groups in total. The molecule has 0 bridgehead atoms. The molecule has 1 aromatic carbocycles. The zero-order valence-corrected chi connectivity index (χ0v) is 17.3. The Balaban J connectivity index is 2.00. The van der Waals surface area contributed by atoms with E-state index >= 15 is 0 Å². The second kappa shape index (κ2) is 7.85. The van der Waals surface area contributed by atoms with Crippen molar-refractivity contribution in [2.24, 2.45) is 4.99 Å². The second-order valence-electron chi connectivity index (χ2n) is 6.34. The Bertz CT molecular complexity index is 1280. The van der Waals surface area contributed by atoms with Gasteiger partial charge in [0.15, 0.2) is 4.80 Å². The van der Waals surface area contributed by atoms with Crippen LogP contribution in [0, 0.1) is 0 Å². The maximum atomic E-state index is 13.3. The summed E-state index contributed by atoms with van der Waals surface area (Å²) in [5.74, 6) is 0.0462. The zero-order valence-electron chi connectivity index (χ0n) is 15.7. The minimum absolute atomic E-state index is 0.216. The van der Waals surface area contributed by atoms with Gasteiger partial charge in [0, 0.05) is 11.1 Å². The van der Waals surface area contributed by atoms with E-state index in [2.05, 4.69) is 4.99 Å². The van der Waals surface area contributed by atoms with Crippen molar-refractivity contribution in [1.82, 2.24) is 4.57 Å². The van der Waals surface area contributed by atoms with Gasteiger partial charge in [0.05, 0.1) is 28.7 Å². The van der Waals surface area contributed by atoms with E-state index in [-0.39, 0.29) is 12.2 Å². The quantitative estimate of drug-likeness (QED) is 0.599. The highest BCUT2D eigenvalue weighted by Crippen LogP contribution is 2.34. The minimum Gasteiger partial charge on any atom is -0.465 e. The maximum absolute atomic E-state index is 13.3. The molecule has 1 atom stereocenters. The number of thiazole rings is 1. The first kappa shape index (κ1) is 19.4. The van der Waals surface area contributed by atoms with Crippen molar-refractivity contribution in [1.29, 1.82) is 0 Å². The molecule has 1 aliphatic heterocycles. The highest BCUT2D eigenvalue weighted by molar-refractivity contribution is 7.07. The topological polar surface area (TPSA) is 73.8 Å². The van der Waals surface area contributed by atoms with E-state index in [9.17, 15) is 9.59 Å². The van der Waals surface area contributed by atoms with Gasteiger partial charge in [0.25, 0.3) is 5.56 Å². The molecular weight excluding hydrogens is 412 g/mol. The van der Waals surface area contributed by atoms with E-state index in [1.807, 2.05) is 6.07 Å². The van der Waals surface area contributed by atoms with Crippen molar-refractivity contribution < 1.29 is 13.9 Å². The fourth-order valence-electron chi connectivity index (χ4n) is 3.29. The van der Waals surface area contributed by atoms with Crippen LogP contribution in [0.15, 0.2) is 68.1 Å². The van der Waals surface area contributed by atoms with Gasteiger partial charge in [-0.1, -0.05) is 41.1 Å². The van der Waals surface area contributed by atoms with Crippen LogP contribution in [-0.4, -0.2) is 17.1 Å². The summed E-state index contributed by atoms with van der Waals surface area (Å²) in [7, 11) is 0. The number of rotatable bonds is 4. The number of ether oxygens (including phenoxy) is 1. The van der Waals surface area contributed by atoms with Crippen molar-refractivity contribution in [2.75, 3.05) is 6.61 Å². The first-order chi connectivity index (χ1) is 14.0. The number of fused-ring (bicyclic) bond motifs is 1. The number of benzene rings is 1. The Labute approximate surface area is 175 Å². The summed E-state index contributed by atoms with van der Waals surface area (Å²) in [6.45, 7) is 3.68. The summed E-state index contributed by atoms with van der Waals surface area (Å²) < 4.78 is 12.5. The number of nitrogens with zero attached hydrogens (tertiary/aromatic N) is 2. The molecule has 0 saturated carbocycles. The van der Waals surface area contributed by atoms with Gasteiger partial charge in [0.2, 0.25) is 0 Å². The molecule has 0 fully saturated rings. The fourth-order valence-corrected chi connectivity index (χ4v) is 4.55. The Kier molecular flexibility index (Phi) is 5.25. The molecule has 8 heteroatoms. The molecule has 3 aromatic rings. The van der Waals surface area contributed by atoms with E-state index in [1.165, 1.54) is 15.9 Å². The fraction of sp³-hybridized carbons (Fsp3) is 0.190. The molecule has 1 aliphatic rings. The van der Waals surface area contributed by atoms with Gasteiger partial charge < -0.3 is 9.15 Å². The SMILES string of the molecule is CCOC(=O)C1=C(C)N=c2s/c(=C\c3ccco3)c(=O)n2[C@@H]1c1ccccc1Cl. The molecule has 3 heterocycles. The standard InChI is InChI=1S/C21H17ClN2O4S/c1-3-27-20(26)17-12(2)23-21-24(18(17)14-8-4-5-9-15(14)22)19(25)16(29-21)11-13-7-6-10-28-13/h4-11,18H,3H2,1-2H3/b16-11-/t18-/m1/s1. The average Bonchev–Trinajstić information content (AvgIpc) is 3.30. The predicted octanol–water partition coefficient (Wildman–Crippen LogP) is 3.04. The molecule has 0 spiro atoms. The summed E-state index contributed by atoms with van der Waals surface area (Å²) >= 11 is 7.69. The average molecular weight is 429 g/mol. The molecule has 29 heavy (non-hydrogen) atoms. The lowest BCUT2D eigenvalue weighted by molar-refractivity contribution is -0.139. The number of furan rings is 1. The lowest BCUT2D eigenvalue weighted by atomic mass is 9.96. The Morgan fingerprint density at radius 2 is 2.14 bits per heavy atom. The monoisotopic (exact) mass is 428 g/mol. The van der Waals surface area contributed by atoms with Crippen LogP contribution in [0.3, 0.4) is 0 Å². The number of halogens is 1. The molecule has 0 radical (unpaired) electrons. The minimum atomic E-state index is -0.724. The number of hydrogen-bond donors (Lipinski definition) is 0. The lowest BCUT2D eigenvalue weighted by Crippen LogP contribution is -2.40. The van der Waals surface area contributed by atoms with Crippen molar-refractivity contribution in [2.45, 2.75) is 19.9 Å². The van der Waals surface area contributed by atoms with Crippen molar-refractivity contribution in [3.8, 4) is 0 Å². The molecule has 2 aromatic heterocycles. The Morgan fingerprint density at radius 3 is 2.83 bits per heavy atom. The third-order valence-electron chi connectivity index (χ3n) is 4.53. The van der Waals surface area contributed by atoms with Gasteiger partial charge >= 0.3 is 5.97 Å². The normalized spacial score (nSPS) is 16.5. The summed E-state index contributed by atoms with van der Waals surface area (Å²) in [5.41, 5.74) is 1.16. The van der Waals surface area contributed by atoms with Gasteiger partial charge in [-0.2, -0.15) is 0 Å². The first-order valence-corrected chi connectivity index (χ1v) is 10.2. The van der Waals surface area contributed by atoms with Crippen LogP contribution in [0.2, 0.25) is 5.02 Å². The van der Waals surface area contributed by atoms with Gasteiger partial charge in [0.1, 0.15) is 11.8 Å². The third kappa shape index (κ3) is 3.47. The number of allylic oxidation sites excluding steroid dienone is 1. The number of carbonyl (C=O) groups is 1. The van der Waals surface area contributed by atoms with Gasteiger partial charge in [-0.25, -0.2) is 9.79 Å². The highest BCUT2D eigenvalue weighted by Gasteiger charge is 2.34. The lowest BCUT2D eigenvalue weighted by Gasteiger charge is -2.25. The van der Waals surface area contributed by atoms with Crippen molar-refractivity contribution in [3.05, 3.63) is 90.0 Å². The van der Waals surface area contributed by atoms with Crippen molar-refractivity contribution >= 4 is 35.0 Å². The van der Waals surface area contributed by atoms with E-state index in [0.29, 0.717) is 37.0 Å². The second-order valence-corrected chi connectivity index (χ2v) is 7.76. The molecule has 6 nitrogen and oxygen atoms in total. The van der Waals surface area contributed by atoms with E-state index in [4.69, 9.17) is 20.8 Å². The van der Waals surface area contributed by atoms with Crippen LogP contribution in [0.4, 0.5) is 0 Å². The van der Waals surface area contributed by atoms with Gasteiger partial charge in [-0.15, -0.1) is 0 Å². The number of hydrogen-bond acceptors (Lipinski definition) is 6. The van der Waals surface area contributed by atoms with Crippen LogP contribution in [0.5, 0.6) is 0 Å². The van der Waals surface area contributed by atoms with Gasteiger partial charge in [-0.05, 0) is 37.6 Å². The number of esters is 1. The maximum Gasteiger partial charge on any atom is 0.338 e. The van der Waals surface area contributed by atoms with E-state index in [0.717, 1.165) is 0 Å². The molecule has 4 rings (SSSR count). The predicted molar refractivity (Wildman–Crippen MR) is 111 cm³/mol. The summed E-state index contributed by atoms with van der Waals surface area (Å²) in [6, 6.07) is 9.93. The third-order valence-corrected chi connectivity index (χ3v) is 5.86. The van der Waals surface area contributed by atoms with Crippen LogP contribution >= 0.6 is 22.9 Å². The molecule has 0 aliphatic carbocycles. The van der Waals surface area contributed by atoms with Crippen molar-refractivity contribution in [3.63, 3.8) is 0 Å². The zero-order chi connectivity index (χ0) is 20.5. The first-order valence-electron chi connectivity index (χ1n) is 8.99. The van der Waals surface area contributed by atoms with E-state index < -0.39 is 12.0 Å². The molecule has 0 saturated heterocycles. The van der Waals surface area contributed by atoms with Crippen LogP contribution in [-0.2, 0) is 9.53 Å². The smallest absolute Gasteiger partial charge is 0.338 e. The van der Waals surface area contributed by atoms with Gasteiger partial charge in [-0.3, -0.25) is 9.36 Å². The summed E-state index contributed by atoms with van der Waals surface area (Å²) in [4.78, 5) is 31.1. The Hall–Kier alpha value is -2.90. The van der Waals surface area contributed by atoms with Crippen LogP contribution < -0.4 is 14.9 Å². The number of aromatic nitrogens is 1. The summed E-state index contributed by atoms with van der Waals surface area (Å²) in [5, 5.41) is 0.453. The van der Waals surface area contributed by atoms with Crippen LogP contribution in [0.25, 0.3) is 6.08 Å². The Morgan fingerprint density at radius 1 is 1.34 bits per heavy atom. The summed E-state index contributed by atoms with van der Waals surface area (Å²) in [6.07, 6.45) is 3.20. The molecule has 0 unspecified atom stereocenters.